The summed E-state index contributed by atoms with van der Waals surface area (Å²) in [5.41, 5.74) is 0. The van der Waals surface area contributed by atoms with Crippen molar-refractivity contribution in [2.45, 2.75) is 142 Å². The molecule has 0 aliphatic rings. The van der Waals surface area contributed by atoms with Crippen LogP contribution in [0.15, 0.2) is 0 Å². The van der Waals surface area contributed by atoms with E-state index in [1.807, 2.05) is 14.1 Å². The third kappa shape index (κ3) is 28.8. The molecule has 0 radical (unpaired) electrons. The fourth-order valence-corrected chi connectivity index (χ4v) is 5.32. The lowest BCUT2D eigenvalue weighted by Crippen LogP contribution is -2.25. The monoisotopic (exact) mass is 548 g/mol. The lowest BCUT2D eigenvalue weighted by Gasteiger charge is -2.19. The van der Waals surface area contributed by atoms with Crippen LogP contribution in [0.2, 0.25) is 0 Å². The van der Waals surface area contributed by atoms with E-state index in [0.717, 1.165) is 13.1 Å². The van der Waals surface area contributed by atoms with Crippen LogP contribution < -0.4 is 0 Å². The van der Waals surface area contributed by atoms with Crippen LogP contribution in [0.1, 0.15) is 142 Å². The molecule has 1 N–H and O–H groups in total. The number of rotatable bonds is 30. The first-order chi connectivity index (χ1) is 17.9. The van der Waals surface area contributed by atoms with Crippen LogP contribution in [0.3, 0.4) is 0 Å². The molecule has 0 aromatic rings. The molecule has 0 amide bonds. The van der Waals surface area contributed by atoms with Gasteiger partial charge < -0.3 is 14.7 Å². The predicted octanol–water partition coefficient (Wildman–Crippen LogP) is 8.83. The van der Waals surface area contributed by atoms with Crippen molar-refractivity contribution in [2.24, 2.45) is 0 Å². The van der Waals surface area contributed by atoms with Crippen molar-refractivity contribution in [3.05, 3.63) is 0 Å². The van der Waals surface area contributed by atoms with Crippen molar-refractivity contribution in [3.8, 4) is 0 Å². The van der Waals surface area contributed by atoms with Crippen molar-refractivity contribution in [1.82, 2.24) is 9.80 Å². The van der Waals surface area contributed by atoms with Crippen LogP contribution in [0, 0.1) is 0 Å². The van der Waals surface area contributed by atoms with Crippen molar-refractivity contribution in [3.63, 3.8) is 0 Å². The van der Waals surface area contributed by atoms with Gasteiger partial charge in [0.2, 0.25) is 0 Å². The molecule has 0 unspecified atom stereocenters. The highest BCUT2D eigenvalue weighted by Gasteiger charge is 2.21. The summed E-state index contributed by atoms with van der Waals surface area (Å²) in [7, 11) is 0.121. The number of hydrogen-bond donors (Lipinski definition) is 1. The molecular formula is C30H65N2O4P. The number of nitrogens with zero attached hydrogens (tertiary/aromatic N) is 2. The van der Waals surface area contributed by atoms with Gasteiger partial charge in [0.05, 0.1) is 13.2 Å². The van der Waals surface area contributed by atoms with Crippen LogP contribution in [0.5, 0.6) is 0 Å². The summed E-state index contributed by atoms with van der Waals surface area (Å²) >= 11 is 0. The Hall–Kier alpha value is 0.0300. The Morgan fingerprint density at radius 3 is 1.05 bits per heavy atom. The molecule has 37 heavy (non-hydrogen) atoms. The highest BCUT2D eigenvalue weighted by atomic mass is 31.2. The van der Waals surface area contributed by atoms with Gasteiger partial charge in [-0.1, -0.05) is 129 Å². The summed E-state index contributed by atoms with van der Waals surface area (Å²) in [5.74, 6) is 0. The van der Waals surface area contributed by atoms with Gasteiger partial charge in [0, 0.05) is 13.1 Å². The Labute approximate surface area is 231 Å². The fraction of sp³-hybridized carbons (Fsp3) is 1.00. The Kier molecular flexibility index (Phi) is 27.6. The Bertz CT molecular complexity index is 470. The van der Waals surface area contributed by atoms with Crippen molar-refractivity contribution in [2.75, 3.05) is 53.5 Å². The van der Waals surface area contributed by atoms with Gasteiger partial charge in [-0.15, -0.1) is 0 Å². The van der Waals surface area contributed by atoms with Gasteiger partial charge in [0.25, 0.3) is 0 Å². The first-order valence-electron chi connectivity index (χ1n) is 15.9. The van der Waals surface area contributed by atoms with Gasteiger partial charge in [0.1, 0.15) is 0 Å². The second kappa shape index (κ2) is 27.6. The summed E-state index contributed by atoms with van der Waals surface area (Å²) in [6, 6.07) is 0. The summed E-state index contributed by atoms with van der Waals surface area (Å²) in [6.45, 7) is 8.25. The zero-order chi connectivity index (χ0) is 27.5. The van der Waals surface area contributed by atoms with Gasteiger partial charge >= 0.3 is 7.82 Å². The lowest BCUT2D eigenvalue weighted by atomic mass is 10.1. The SMILES string of the molecule is CCCCCCCCCCCCN(C)CCOP(=O)(O)OCCN(C)CCCCCCCCCCCC. The summed E-state index contributed by atoms with van der Waals surface area (Å²) < 4.78 is 22.5. The van der Waals surface area contributed by atoms with E-state index >= 15 is 0 Å². The smallest absolute Gasteiger partial charge is 0.304 e. The molecule has 0 spiro atoms. The minimum atomic E-state index is -3.97. The summed E-state index contributed by atoms with van der Waals surface area (Å²) in [4.78, 5) is 14.3. The quantitative estimate of drug-likeness (QED) is 0.0715. The Morgan fingerprint density at radius 2 is 0.757 bits per heavy atom. The van der Waals surface area contributed by atoms with Crippen molar-refractivity contribution >= 4 is 7.82 Å². The maximum absolute atomic E-state index is 12.1. The van der Waals surface area contributed by atoms with Gasteiger partial charge in [-0.3, -0.25) is 9.05 Å². The normalized spacial score (nSPS) is 12.3. The third-order valence-electron chi connectivity index (χ3n) is 7.24. The van der Waals surface area contributed by atoms with E-state index in [2.05, 4.69) is 23.6 Å². The topological polar surface area (TPSA) is 62.2 Å². The van der Waals surface area contributed by atoms with E-state index in [4.69, 9.17) is 9.05 Å². The van der Waals surface area contributed by atoms with Crippen LogP contribution in [0.4, 0.5) is 0 Å². The van der Waals surface area contributed by atoms with Gasteiger partial charge in [-0.25, -0.2) is 4.57 Å². The zero-order valence-corrected chi connectivity index (χ0v) is 26.3. The largest absolute Gasteiger partial charge is 0.472 e. The second-order valence-electron chi connectivity index (χ2n) is 11.1. The molecule has 0 atom stereocenters. The molecular weight excluding hydrogens is 483 g/mol. The van der Waals surface area contributed by atoms with Crippen LogP contribution >= 0.6 is 7.82 Å². The molecule has 0 rings (SSSR count). The van der Waals surface area contributed by atoms with E-state index in [-0.39, 0.29) is 13.2 Å². The standard InChI is InChI=1S/C30H65N2O4P/c1-5-7-9-11-13-15-17-19-21-23-25-31(3)27-29-35-37(33,34)36-30-28-32(4)26-24-22-20-18-16-14-12-10-8-6-2/h5-30H2,1-4H3,(H,33,34). The summed E-state index contributed by atoms with van der Waals surface area (Å²) in [5, 5.41) is 0. The molecule has 6 nitrogen and oxygen atoms in total. The maximum Gasteiger partial charge on any atom is 0.472 e. The number of unbranched alkanes of at least 4 members (excludes halogenated alkanes) is 18. The van der Waals surface area contributed by atoms with Crippen molar-refractivity contribution in [1.29, 1.82) is 0 Å². The van der Waals surface area contributed by atoms with E-state index in [0.29, 0.717) is 13.1 Å². The molecule has 0 aromatic carbocycles. The third-order valence-corrected chi connectivity index (χ3v) is 8.26. The molecule has 224 valence electrons. The van der Waals surface area contributed by atoms with E-state index < -0.39 is 7.82 Å². The van der Waals surface area contributed by atoms with Crippen molar-refractivity contribution < 1.29 is 18.5 Å². The predicted molar refractivity (Wildman–Crippen MR) is 160 cm³/mol. The molecule has 0 fully saturated rings. The highest BCUT2D eigenvalue weighted by molar-refractivity contribution is 7.47. The van der Waals surface area contributed by atoms with Crippen LogP contribution in [0.25, 0.3) is 0 Å². The number of phosphoric acid groups is 1. The van der Waals surface area contributed by atoms with E-state index in [1.54, 1.807) is 0 Å². The molecule has 0 saturated heterocycles. The van der Waals surface area contributed by atoms with Crippen LogP contribution in [-0.4, -0.2) is 68.2 Å². The molecule has 0 saturated carbocycles. The minimum Gasteiger partial charge on any atom is -0.304 e. The molecule has 0 bridgehead atoms. The fourth-order valence-electron chi connectivity index (χ4n) is 4.62. The molecule has 0 aliphatic heterocycles. The Balaban J connectivity index is 3.55. The molecule has 0 aliphatic carbocycles. The first-order valence-corrected chi connectivity index (χ1v) is 17.4. The highest BCUT2D eigenvalue weighted by Crippen LogP contribution is 2.42. The van der Waals surface area contributed by atoms with E-state index in [1.165, 1.54) is 128 Å². The average Bonchev–Trinajstić information content (AvgIpc) is 2.86. The second-order valence-corrected chi connectivity index (χ2v) is 12.6. The number of hydrogen-bond acceptors (Lipinski definition) is 5. The summed E-state index contributed by atoms with van der Waals surface area (Å²) in [6.07, 6.45) is 26.7. The lowest BCUT2D eigenvalue weighted by molar-refractivity contribution is 0.126. The molecule has 0 aromatic heterocycles. The number of likely N-dealkylation sites (N-methyl/N-ethyl adjacent to an activating group) is 2. The van der Waals surface area contributed by atoms with Crippen LogP contribution in [-0.2, 0) is 13.6 Å². The van der Waals surface area contributed by atoms with E-state index in [9.17, 15) is 9.46 Å². The van der Waals surface area contributed by atoms with Gasteiger partial charge in [-0.05, 0) is 40.0 Å². The zero-order valence-electron chi connectivity index (χ0n) is 25.4. The number of phosphoric ester groups is 1. The first kappa shape index (κ1) is 37.0. The van der Waals surface area contributed by atoms with Gasteiger partial charge in [0.15, 0.2) is 0 Å². The molecule has 0 heterocycles. The van der Waals surface area contributed by atoms with Gasteiger partial charge in [-0.2, -0.15) is 0 Å². The molecule has 7 heteroatoms. The average molecular weight is 549 g/mol. The minimum absolute atomic E-state index is 0.219. The Morgan fingerprint density at radius 1 is 0.486 bits per heavy atom. The maximum atomic E-state index is 12.1.